The lowest BCUT2D eigenvalue weighted by Gasteiger charge is -2.34. The number of benzene rings is 2. The van der Waals surface area contributed by atoms with Crippen molar-refractivity contribution in [2.45, 2.75) is 13.8 Å². The van der Waals surface area contributed by atoms with E-state index < -0.39 is 0 Å². The van der Waals surface area contributed by atoms with Gasteiger partial charge in [0.15, 0.2) is 5.76 Å². The molecule has 2 aromatic carbocycles. The average Bonchev–Trinajstić information content (AvgIpc) is 3.24. The summed E-state index contributed by atoms with van der Waals surface area (Å²) in [5.41, 5.74) is 3.35. The molecule has 0 atom stereocenters. The number of carbonyl (C=O) groups is 2. The van der Waals surface area contributed by atoms with Crippen LogP contribution < -0.4 is 0 Å². The Balaban J connectivity index is 1.58. The van der Waals surface area contributed by atoms with Crippen LogP contribution in [0.2, 0.25) is 0 Å². The highest BCUT2D eigenvalue weighted by molar-refractivity contribution is 6.00. The van der Waals surface area contributed by atoms with Crippen LogP contribution in [-0.4, -0.2) is 52.8 Å². The first kappa shape index (κ1) is 18.9. The van der Waals surface area contributed by atoms with E-state index in [4.69, 9.17) is 4.42 Å². The summed E-state index contributed by atoms with van der Waals surface area (Å²) in [4.78, 5) is 32.6. The molecular weight excluding hydrogens is 366 g/mol. The third-order valence-electron chi connectivity index (χ3n) is 5.24. The van der Waals surface area contributed by atoms with E-state index in [0.29, 0.717) is 49.0 Å². The van der Waals surface area contributed by atoms with Gasteiger partial charge in [-0.15, -0.1) is 0 Å². The Hall–Kier alpha value is -3.41. The number of hydrogen-bond acceptors (Lipinski definition) is 4. The van der Waals surface area contributed by atoms with E-state index >= 15 is 0 Å². The predicted molar refractivity (Wildman–Crippen MR) is 110 cm³/mol. The standard InChI is InChI=1S/C23H23N3O3/c1-16-7-9-18(10-8-16)21-15-24-22(29-21)19-5-3-4-6-20(19)23(28)26-13-11-25(12-14-26)17(2)27/h3-10,15H,11-14H2,1-2H3. The second-order valence-electron chi connectivity index (χ2n) is 7.24. The molecule has 0 bridgehead atoms. The number of nitrogens with zero attached hydrogens (tertiary/aromatic N) is 3. The highest BCUT2D eigenvalue weighted by Gasteiger charge is 2.26. The lowest BCUT2D eigenvalue weighted by Crippen LogP contribution is -2.50. The Labute approximate surface area is 169 Å². The molecule has 0 saturated carbocycles. The SMILES string of the molecule is CC(=O)N1CCN(C(=O)c2ccccc2-c2ncc(-c3ccc(C)cc3)o2)CC1. The maximum absolute atomic E-state index is 13.1. The largest absolute Gasteiger partial charge is 0.436 e. The van der Waals surface area contributed by atoms with Crippen LogP contribution in [0.4, 0.5) is 0 Å². The summed E-state index contributed by atoms with van der Waals surface area (Å²) < 4.78 is 5.99. The minimum atomic E-state index is -0.0705. The first-order chi connectivity index (χ1) is 14.0. The van der Waals surface area contributed by atoms with Gasteiger partial charge in [-0.3, -0.25) is 9.59 Å². The summed E-state index contributed by atoms with van der Waals surface area (Å²) >= 11 is 0. The molecule has 6 nitrogen and oxygen atoms in total. The second-order valence-corrected chi connectivity index (χ2v) is 7.24. The molecule has 6 heteroatoms. The smallest absolute Gasteiger partial charge is 0.254 e. The fraction of sp³-hybridized carbons (Fsp3) is 0.261. The lowest BCUT2D eigenvalue weighted by molar-refractivity contribution is -0.130. The molecule has 0 unspecified atom stereocenters. The fourth-order valence-electron chi connectivity index (χ4n) is 3.50. The molecule has 2 heterocycles. The Morgan fingerprint density at radius 1 is 0.931 bits per heavy atom. The molecule has 1 fully saturated rings. The molecule has 2 amide bonds. The van der Waals surface area contributed by atoms with Crippen molar-refractivity contribution in [3.05, 3.63) is 65.9 Å². The van der Waals surface area contributed by atoms with Gasteiger partial charge in [-0.1, -0.05) is 42.0 Å². The normalized spacial score (nSPS) is 14.1. The lowest BCUT2D eigenvalue weighted by atomic mass is 10.1. The first-order valence-corrected chi connectivity index (χ1v) is 9.70. The maximum atomic E-state index is 13.1. The van der Waals surface area contributed by atoms with Gasteiger partial charge in [0.1, 0.15) is 0 Å². The summed E-state index contributed by atoms with van der Waals surface area (Å²) in [5.74, 6) is 1.06. The van der Waals surface area contributed by atoms with Gasteiger partial charge in [0, 0.05) is 44.2 Å². The van der Waals surface area contributed by atoms with E-state index in [1.54, 1.807) is 29.0 Å². The highest BCUT2D eigenvalue weighted by atomic mass is 16.4. The Morgan fingerprint density at radius 2 is 1.59 bits per heavy atom. The molecule has 1 aliphatic heterocycles. The van der Waals surface area contributed by atoms with E-state index in [-0.39, 0.29) is 11.8 Å². The maximum Gasteiger partial charge on any atom is 0.254 e. The second kappa shape index (κ2) is 7.91. The van der Waals surface area contributed by atoms with Gasteiger partial charge in [0.05, 0.1) is 11.8 Å². The summed E-state index contributed by atoms with van der Waals surface area (Å²) in [6, 6.07) is 15.4. The predicted octanol–water partition coefficient (Wildman–Crippen LogP) is 3.62. The van der Waals surface area contributed by atoms with Crippen molar-refractivity contribution < 1.29 is 14.0 Å². The topological polar surface area (TPSA) is 66.7 Å². The Bertz CT molecular complexity index is 1030. The van der Waals surface area contributed by atoms with E-state index in [0.717, 1.165) is 5.56 Å². The monoisotopic (exact) mass is 389 g/mol. The van der Waals surface area contributed by atoms with E-state index in [9.17, 15) is 9.59 Å². The molecule has 29 heavy (non-hydrogen) atoms. The highest BCUT2D eigenvalue weighted by Crippen LogP contribution is 2.29. The molecule has 0 N–H and O–H groups in total. The molecule has 0 aliphatic carbocycles. The van der Waals surface area contributed by atoms with Gasteiger partial charge < -0.3 is 14.2 Å². The van der Waals surface area contributed by atoms with Crippen LogP contribution in [0.1, 0.15) is 22.8 Å². The van der Waals surface area contributed by atoms with Crippen molar-refractivity contribution in [1.82, 2.24) is 14.8 Å². The zero-order chi connectivity index (χ0) is 20.4. The minimum absolute atomic E-state index is 0.0425. The Morgan fingerprint density at radius 3 is 2.28 bits per heavy atom. The number of carbonyl (C=O) groups excluding carboxylic acids is 2. The van der Waals surface area contributed by atoms with Gasteiger partial charge in [0.25, 0.3) is 5.91 Å². The van der Waals surface area contributed by atoms with Crippen LogP contribution in [-0.2, 0) is 4.79 Å². The summed E-state index contributed by atoms with van der Waals surface area (Å²) in [6.45, 7) is 5.74. The number of piperazine rings is 1. The van der Waals surface area contributed by atoms with Gasteiger partial charge in [0.2, 0.25) is 11.8 Å². The van der Waals surface area contributed by atoms with E-state index in [1.165, 1.54) is 5.56 Å². The van der Waals surface area contributed by atoms with Gasteiger partial charge in [-0.25, -0.2) is 4.98 Å². The van der Waals surface area contributed by atoms with Gasteiger partial charge >= 0.3 is 0 Å². The molecule has 1 aliphatic rings. The van der Waals surface area contributed by atoms with Gasteiger partial charge in [-0.05, 0) is 19.1 Å². The molecular formula is C23H23N3O3. The number of oxazole rings is 1. The third kappa shape index (κ3) is 3.92. The number of amides is 2. The quantitative estimate of drug-likeness (QED) is 0.686. The number of aromatic nitrogens is 1. The fourth-order valence-corrected chi connectivity index (χ4v) is 3.50. The van der Waals surface area contributed by atoms with Crippen molar-refractivity contribution in [1.29, 1.82) is 0 Å². The van der Waals surface area contributed by atoms with Crippen LogP contribution in [0, 0.1) is 6.92 Å². The molecule has 3 aromatic rings. The van der Waals surface area contributed by atoms with Crippen molar-refractivity contribution in [3.8, 4) is 22.8 Å². The van der Waals surface area contributed by atoms with Crippen molar-refractivity contribution in [2.24, 2.45) is 0 Å². The summed E-state index contributed by atoms with van der Waals surface area (Å²) in [7, 11) is 0. The summed E-state index contributed by atoms with van der Waals surface area (Å²) in [5, 5.41) is 0. The molecule has 1 saturated heterocycles. The molecule has 1 aromatic heterocycles. The van der Waals surface area contributed by atoms with Crippen molar-refractivity contribution in [2.75, 3.05) is 26.2 Å². The zero-order valence-electron chi connectivity index (χ0n) is 16.6. The van der Waals surface area contributed by atoms with Crippen molar-refractivity contribution >= 4 is 11.8 Å². The number of aryl methyl sites for hydroxylation is 1. The van der Waals surface area contributed by atoms with Crippen LogP contribution >= 0.6 is 0 Å². The van der Waals surface area contributed by atoms with Crippen LogP contribution in [0.3, 0.4) is 0 Å². The van der Waals surface area contributed by atoms with E-state index in [1.807, 2.05) is 49.4 Å². The third-order valence-corrected chi connectivity index (χ3v) is 5.24. The molecule has 0 radical (unpaired) electrons. The first-order valence-electron chi connectivity index (χ1n) is 9.70. The van der Waals surface area contributed by atoms with Gasteiger partial charge in [-0.2, -0.15) is 0 Å². The van der Waals surface area contributed by atoms with Crippen LogP contribution in [0.5, 0.6) is 0 Å². The Kier molecular flexibility index (Phi) is 5.16. The van der Waals surface area contributed by atoms with E-state index in [2.05, 4.69) is 4.98 Å². The summed E-state index contributed by atoms with van der Waals surface area (Å²) in [6.07, 6.45) is 1.69. The molecule has 0 spiro atoms. The zero-order valence-corrected chi connectivity index (χ0v) is 16.6. The van der Waals surface area contributed by atoms with Crippen LogP contribution in [0.15, 0.2) is 59.1 Å². The molecule has 4 rings (SSSR count). The van der Waals surface area contributed by atoms with Crippen LogP contribution in [0.25, 0.3) is 22.8 Å². The minimum Gasteiger partial charge on any atom is -0.436 e. The molecule has 148 valence electrons. The average molecular weight is 389 g/mol. The number of rotatable bonds is 3. The number of hydrogen-bond donors (Lipinski definition) is 0. The van der Waals surface area contributed by atoms with Crippen molar-refractivity contribution in [3.63, 3.8) is 0 Å².